The van der Waals surface area contributed by atoms with Crippen molar-refractivity contribution in [3.8, 4) is 0 Å². The quantitative estimate of drug-likeness (QED) is 0.543. The van der Waals surface area contributed by atoms with E-state index < -0.39 is 0 Å². The Labute approximate surface area is 105 Å². The highest BCUT2D eigenvalue weighted by atomic mass is 16.5. The molecule has 2 aliphatic rings. The van der Waals surface area contributed by atoms with Gasteiger partial charge in [0.2, 0.25) is 0 Å². The molecule has 17 heavy (non-hydrogen) atoms. The van der Waals surface area contributed by atoms with Gasteiger partial charge >= 0.3 is 0 Å². The molecular formula is C15H26O2. The Morgan fingerprint density at radius 3 is 2.88 bits per heavy atom. The van der Waals surface area contributed by atoms with E-state index >= 15 is 0 Å². The average molecular weight is 238 g/mol. The van der Waals surface area contributed by atoms with Crippen LogP contribution in [0.4, 0.5) is 0 Å². The van der Waals surface area contributed by atoms with Crippen molar-refractivity contribution >= 4 is 0 Å². The van der Waals surface area contributed by atoms with E-state index in [1.165, 1.54) is 56.9 Å². The van der Waals surface area contributed by atoms with Crippen LogP contribution in [0.25, 0.3) is 0 Å². The SMILES string of the molecule is C(OCCC1CCCCOC1)=C1CCCCC1. The van der Waals surface area contributed by atoms with E-state index in [0.717, 1.165) is 32.2 Å². The van der Waals surface area contributed by atoms with Crippen LogP contribution in [0.2, 0.25) is 0 Å². The van der Waals surface area contributed by atoms with E-state index in [0.29, 0.717) is 0 Å². The Kier molecular flexibility index (Phi) is 5.90. The molecule has 1 aliphatic carbocycles. The first-order valence-electron chi connectivity index (χ1n) is 7.32. The molecule has 0 N–H and O–H groups in total. The van der Waals surface area contributed by atoms with Crippen molar-refractivity contribution in [1.82, 2.24) is 0 Å². The zero-order chi connectivity index (χ0) is 11.8. The zero-order valence-electron chi connectivity index (χ0n) is 11.0. The number of allylic oxidation sites excluding steroid dienone is 1. The summed E-state index contributed by atoms with van der Waals surface area (Å²) in [6, 6.07) is 0. The molecule has 2 fully saturated rings. The largest absolute Gasteiger partial charge is 0.501 e. The van der Waals surface area contributed by atoms with Crippen LogP contribution in [0, 0.1) is 5.92 Å². The summed E-state index contributed by atoms with van der Waals surface area (Å²) in [6.07, 6.45) is 13.7. The van der Waals surface area contributed by atoms with Crippen LogP contribution in [-0.4, -0.2) is 19.8 Å². The maximum atomic E-state index is 5.70. The molecule has 0 spiro atoms. The highest BCUT2D eigenvalue weighted by Gasteiger charge is 2.12. The van der Waals surface area contributed by atoms with Gasteiger partial charge in [0.15, 0.2) is 0 Å². The molecule has 1 saturated carbocycles. The molecule has 1 saturated heterocycles. The fourth-order valence-corrected chi connectivity index (χ4v) is 2.73. The van der Waals surface area contributed by atoms with Crippen molar-refractivity contribution < 1.29 is 9.47 Å². The van der Waals surface area contributed by atoms with Gasteiger partial charge in [-0.25, -0.2) is 0 Å². The summed E-state index contributed by atoms with van der Waals surface area (Å²) in [4.78, 5) is 0. The lowest BCUT2D eigenvalue weighted by molar-refractivity contribution is 0.102. The van der Waals surface area contributed by atoms with Crippen molar-refractivity contribution in [2.45, 2.75) is 57.8 Å². The molecule has 1 aliphatic heterocycles. The third-order valence-electron chi connectivity index (χ3n) is 3.89. The molecule has 98 valence electrons. The number of ether oxygens (including phenoxy) is 2. The summed E-state index contributed by atoms with van der Waals surface area (Å²) in [5.41, 5.74) is 1.52. The molecule has 1 heterocycles. The Morgan fingerprint density at radius 1 is 1.12 bits per heavy atom. The normalized spacial score (nSPS) is 26.4. The van der Waals surface area contributed by atoms with Gasteiger partial charge in [0.25, 0.3) is 0 Å². The van der Waals surface area contributed by atoms with Gasteiger partial charge in [0.1, 0.15) is 0 Å². The van der Waals surface area contributed by atoms with E-state index in [-0.39, 0.29) is 0 Å². The van der Waals surface area contributed by atoms with Crippen LogP contribution in [0.3, 0.4) is 0 Å². The lowest BCUT2D eigenvalue weighted by atomic mass is 9.96. The highest BCUT2D eigenvalue weighted by Crippen LogP contribution is 2.23. The van der Waals surface area contributed by atoms with Gasteiger partial charge in [0.05, 0.1) is 12.9 Å². The van der Waals surface area contributed by atoms with Crippen molar-refractivity contribution in [2.75, 3.05) is 19.8 Å². The van der Waals surface area contributed by atoms with E-state index in [1.807, 2.05) is 6.26 Å². The number of rotatable bonds is 4. The summed E-state index contributed by atoms with van der Waals surface area (Å²) in [6.45, 7) is 2.78. The van der Waals surface area contributed by atoms with Gasteiger partial charge < -0.3 is 9.47 Å². The molecule has 1 atom stereocenters. The minimum Gasteiger partial charge on any atom is -0.501 e. The Hall–Kier alpha value is -0.500. The minimum atomic E-state index is 0.724. The highest BCUT2D eigenvalue weighted by molar-refractivity contribution is 5.00. The van der Waals surface area contributed by atoms with Crippen molar-refractivity contribution in [1.29, 1.82) is 0 Å². The van der Waals surface area contributed by atoms with Gasteiger partial charge in [0, 0.05) is 13.2 Å². The van der Waals surface area contributed by atoms with Crippen LogP contribution < -0.4 is 0 Å². The van der Waals surface area contributed by atoms with Crippen LogP contribution in [0.1, 0.15) is 57.8 Å². The second kappa shape index (κ2) is 7.75. The Morgan fingerprint density at radius 2 is 2.00 bits per heavy atom. The molecule has 0 radical (unpaired) electrons. The fourth-order valence-electron chi connectivity index (χ4n) is 2.73. The molecule has 0 aromatic carbocycles. The van der Waals surface area contributed by atoms with Crippen LogP contribution in [0.15, 0.2) is 11.8 Å². The van der Waals surface area contributed by atoms with Crippen molar-refractivity contribution in [2.24, 2.45) is 5.92 Å². The maximum Gasteiger partial charge on any atom is 0.0876 e. The molecule has 1 unspecified atom stereocenters. The molecular weight excluding hydrogens is 212 g/mol. The predicted octanol–water partition coefficient (Wildman–Crippen LogP) is 4.06. The van der Waals surface area contributed by atoms with E-state index in [1.54, 1.807) is 0 Å². The Balaban J connectivity index is 1.58. The van der Waals surface area contributed by atoms with E-state index in [2.05, 4.69) is 0 Å². The van der Waals surface area contributed by atoms with E-state index in [9.17, 15) is 0 Å². The van der Waals surface area contributed by atoms with Crippen LogP contribution in [0.5, 0.6) is 0 Å². The minimum absolute atomic E-state index is 0.724. The molecule has 2 rings (SSSR count). The molecule has 0 aromatic rings. The summed E-state index contributed by atoms with van der Waals surface area (Å²) in [5, 5.41) is 0. The topological polar surface area (TPSA) is 18.5 Å². The lowest BCUT2D eigenvalue weighted by Gasteiger charge is -2.15. The zero-order valence-corrected chi connectivity index (χ0v) is 11.0. The second-order valence-corrected chi connectivity index (χ2v) is 5.43. The Bertz CT molecular complexity index is 219. The summed E-state index contributed by atoms with van der Waals surface area (Å²) in [5.74, 6) is 0.724. The second-order valence-electron chi connectivity index (χ2n) is 5.43. The third kappa shape index (κ3) is 5.12. The number of hydrogen-bond donors (Lipinski definition) is 0. The van der Waals surface area contributed by atoms with Gasteiger partial charge in [-0.2, -0.15) is 0 Å². The maximum absolute atomic E-state index is 5.70. The van der Waals surface area contributed by atoms with Crippen LogP contribution in [-0.2, 0) is 9.47 Å². The smallest absolute Gasteiger partial charge is 0.0876 e. The summed E-state index contributed by atoms with van der Waals surface area (Å²) in [7, 11) is 0. The first-order valence-corrected chi connectivity index (χ1v) is 7.32. The van der Waals surface area contributed by atoms with Gasteiger partial charge in [-0.05, 0) is 56.4 Å². The third-order valence-corrected chi connectivity index (χ3v) is 3.89. The van der Waals surface area contributed by atoms with Crippen LogP contribution >= 0.6 is 0 Å². The fraction of sp³-hybridized carbons (Fsp3) is 0.867. The monoisotopic (exact) mass is 238 g/mol. The molecule has 0 amide bonds. The lowest BCUT2D eigenvalue weighted by Crippen LogP contribution is -2.09. The van der Waals surface area contributed by atoms with E-state index in [4.69, 9.17) is 9.47 Å². The van der Waals surface area contributed by atoms with Crippen molar-refractivity contribution in [3.05, 3.63) is 11.8 Å². The van der Waals surface area contributed by atoms with Gasteiger partial charge in [-0.1, -0.05) is 12.8 Å². The van der Waals surface area contributed by atoms with Gasteiger partial charge in [-0.3, -0.25) is 0 Å². The molecule has 2 nitrogen and oxygen atoms in total. The summed E-state index contributed by atoms with van der Waals surface area (Å²) < 4.78 is 11.3. The van der Waals surface area contributed by atoms with Crippen molar-refractivity contribution in [3.63, 3.8) is 0 Å². The first kappa shape index (κ1) is 12.9. The average Bonchev–Trinajstić information content (AvgIpc) is 2.65. The molecule has 2 heteroatoms. The van der Waals surface area contributed by atoms with Gasteiger partial charge in [-0.15, -0.1) is 0 Å². The first-order chi connectivity index (χ1) is 8.45. The standard InChI is InChI=1S/C15H26O2/c1-2-6-14(7-3-1)12-17-11-9-15-8-4-5-10-16-13-15/h12,15H,1-11,13H2. The number of hydrogen-bond acceptors (Lipinski definition) is 2. The molecule has 0 bridgehead atoms. The predicted molar refractivity (Wildman–Crippen MR) is 69.9 cm³/mol. The molecule has 0 aromatic heterocycles. The summed E-state index contributed by atoms with van der Waals surface area (Å²) >= 11 is 0.